The molecule has 0 saturated carbocycles. The Hall–Kier alpha value is -0.610. The summed E-state index contributed by atoms with van der Waals surface area (Å²) >= 11 is 13.6. The number of hydrogen-bond acceptors (Lipinski definition) is 3. The molecule has 102 valence electrons. The highest BCUT2D eigenvalue weighted by Crippen LogP contribution is 2.33. The molecule has 0 atom stereocenters. The number of aromatic nitrogens is 1. The van der Waals surface area contributed by atoms with Gasteiger partial charge in [0.2, 0.25) is 0 Å². The van der Waals surface area contributed by atoms with Gasteiger partial charge in [0.1, 0.15) is 5.01 Å². The van der Waals surface area contributed by atoms with Crippen molar-refractivity contribution < 1.29 is 0 Å². The smallest absolute Gasteiger partial charge is 0.113 e. The van der Waals surface area contributed by atoms with Crippen LogP contribution in [0.2, 0.25) is 10.0 Å². The zero-order valence-corrected chi connectivity index (χ0v) is 13.2. The van der Waals surface area contributed by atoms with Gasteiger partial charge in [-0.25, -0.2) is 4.98 Å². The number of hydrogen-bond donors (Lipinski definition) is 1. The molecule has 0 aliphatic heterocycles. The second-order valence-corrected chi connectivity index (χ2v) is 6.20. The molecule has 0 fully saturated rings. The van der Waals surface area contributed by atoms with Crippen LogP contribution in [-0.2, 0) is 5.54 Å². The van der Waals surface area contributed by atoms with E-state index in [9.17, 15) is 0 Å². The van der Waals surface area contributed by atoms with Crippen LogP contribution < -0.4 is 5.73 Å². The van der Waals surface area contributed by atoms with E-state index >= 15 is 0 Å². The minimum Gasteiger partial charge on any atom is -0.319 e. The van der Waals surface area contributed by atoms with Crippen LogP contribution >= 0.6 is 34.5 Å². The highest BCUT2D eigenvalue weighted by Gasteiger charge is 2.26. The Balaban J connectivity index is 2.38. The maximum atomic E-state index is 6.36. The molecule has 0 saturated heterocycles. The Bertz CT molecular complexity index is 577. The van der Waals surface area contributed by atoms with Crippen molar-refractivity contribution in [3.63, 3.8) is 0 Å². The van der Waals surface area contributed by atoms with E-state index in [-0.39, 0.29) is 5.54 Å². The maximum Gasteiger partial charge on any atom is 0.113 e. The van der Waals surface area contributed by atoms with E-state index in [1.807, 2.05) is 17.5 Å². The third-order valence-corrected chi connectivity index (χ3v) is 5.21. The summed E-state index contributed by atoms with van der Waals surface area (Å²) in [6, 6.07) is 5.54. The summed E-state index contributed by atoms with van der Waals surface area (Å²) < 4.78 is 0. The predicted molar refractivity (Wildman–Crippen MR) is 84.0 cm³/mol. The van der Waals surface area contributed by atoms with E-state index in [0.717, 1.165) is 29.1 Å². The van der Waals surface area contributed by atoms with Crippen molar-refractivity contribution in [1.82, 2.24) is 4.98 Å². The lowest BCUT2D eigenvalue weighted by Crippen LogP contribution is -2.34. The van der Waals surface area contributed by atoms with E-state index in [0.29, 0.717) is 10.0 Å². The summed E-state index contributed by atoms with van der Waals surface area (Å²) in [7, 11) is 0. The van der Waals surface area contributed by atoms with Crippen LogP contribution in [0.15, 0.2) is 23.6 Å². The minimum atomic E-state index is -0.334. The fourth-order valence-electron chi connectivity index (χ4n) is 1.84. The second kappa shape index (κ2) is 5.80. The van der Waals surface area contributed by atoms with Gasteiger partial charge in [0.15, 0.2) is 0 Å². The zero-order valence-electron chi connectivity index (χ0n) is 10.9. The number of thiazole rings is 1. The van der Waals surface area contributed by atoms with Gasteiger partial charge in [-0.15, -0.1) is 11.3 Å². The van der Waals surface area contributed by atoms with E-state index in [1.165, 1.54) is 0 Å². The predicted octanol–water partition coefficient (Wildman–Crippen LogP) is 5.09. The summed E-state index contributed by atoms with van der Waals surface area (Å²) in [6.07, 6.45) is 1.75. The fourth-order valence-corrected chi connectivity index (χ4v) is 3.23. The van der Waals surface area contributed by atoms with Crippen LogP contribution in [0.1, 0.15) is 31.7 Å². The Morgan fingerprint density at radius 1 is 1.21 bits per heavy atom. The lowest BCUT2D eigenvalue weighted by Gasteiger charge is -2.23. The van der Waals surface area contributed by atoms with Crippen LogP contribution in [0, 0.1) is 0 Å². The molecular formula is C14H16Cl2N2S. The average molecular weight is 315 g/mol. The van der Waals surface area contributed by atoms with Gasteiger partial charge in [-0.3, -0.25) is 0 Å². The molecule has 2 N–H and O–H groups in total. The molecule has 0 bridgehead atoms. The summed E-state index contributed by atoms with van der Waals surface area (Å²) in [6.45, 7) is 4.17. The molecule has 0 aliphatic carbocycles. The molecule has 19 heavy (non-hydrogen) atoms. The number of benzene rings is 1. The van der Waals surface area contributed by atoms with Gasteiger partial charge in [0.25, 0.3) is 0 Å². The Morgan fingerprint density at radius 3 is 2.47 bits per heavy atom. The van der Waals surface area contributed by atoms with Crippen molar-refractivity contribution in [2.45, 2.75) is 32.2 Å². The maximum absolute atomic E-state index is 6.36. The first-order valence-corrected chi connectivity index (χ1v) is 7.84. The Kier molecular flexibility index (Phi) is 4.51. The van der Waals surface area contributed by atoms with Crippen LogP contribution in [0.5, 0.6) is 0 Å². The van der Waals surface area contributed by atoms with E-state index < -0.39 is 0 Å². The molecule has 2 nitrogen and oxygen atoms in total. The van der Waals surface area contributed by atoms with Gasteiger partial charge in [-0.05, 0) is 25.0 Å². The highest BCUT2D eigenvalue weighted by atomic mass is 35.5. The van der Waals surface area contributed by atoms with Crippen LogP contribution in [0.25, 0.3) is 11.3 Å². The quantitative estimate of drug-likeness (QED) is 0.853. The largest absolute Gasteiger partial charge is 0.319 e. The van der Waals surface area contributed by atoms with Gasteiger partial charge in [-0.2, -0.15) is 0 Å². The average Bonchev–Trinajstić information content (AvgIpc) is 2.91. The van der Waals surface area contributed by atoms with Gasteiger partial charge in [0.05, 0.1) is 21.3 Å². The molecule has 1 aromatic heterocycles. The first-order valence-electron chi connectivity index (χ1n) is 6.20. The Morgan fingerprint density at radius 2 is 1.89 bits per heavy atom. The van der Waals surface area contributed by atoms with E-state index in [4.69, 9.17) is 28.9 Å². The van der Waals surface area contributed by atoms with E-state index in [1.54, 1.807) is 17.4 Å². The molecule has 0 amide bonds. The van der Waals surface area contributed by atoms with Crippen molar-refractivity contribution in [3.05, 3.63) is 38.6 Å². The molecule has 1 heterocycles. The molecular weight excluding hydrogens is 299 g/mol. The molecule has 0 spiro atoms. The zero-order chi connectivity index (χ0) is 14.0. The minimum absolute atomic E-state index is 0.334. The van der Waals surface area contributed by atoms with Crippen molar-refractivity contribution in [1.29, 1.82) is 0 Å². The van der Waals surface area contributed by atoms with Crippen molar-refractivity contribution >= 4 is 34.5 Å². The molecule has 2 rings (SSSR count). The first-order chi connectivity index (χ1) is 9.00. The van der Waals surface area contributed by atoms with Crippen LogP contribution in [0.3, 0.4) is 0 Å². The molecule has 5 heteroatoms. The molecule has 2 aromatic rings. The summed E-state index contributed by atoms with van der Waals surface area (Å²) in [5.74, 6) is 0. The monoisotopic (exact) mass is 314 g/mol. The van der Waals surface area contributed by atoms with Gasteiger partial charge in [0, 0.05) is 10.9 Å². The number of halogens is 2. The SMILES string of the molecule is CCC(N)(CC)c1nc(-c2ccc(Cl)c(Cl)c2)cs1. The van der Waals surface area contributed by atoms with Gasteiger partial charge < -0.3 is 5.73 Å². The van der Waals surface area contributed by atoms with Crippen LogP contribution in [-0.4, -0.2) is 4.98 Å². The van der Waals surface area contributed by atoms with Crippen LogP contribution in [0.4, 0.5) is 0 Å². The first kappa shape index (κ1) is 14.8. The third kappa shape index (κ3) is 2.95. The summed E-state index contributed by atoms with van der Waals surface area (Å²) in [5.41, 5.74) is 7.89. The molecule has 1 aromatic carbocycles. The second-order valence-electron chi connectivity index (χ2n) is 4.53. The van der Waals surface area contributed by atoms with Gasteiger partial charge in [-0.1, -0.05) is 43.1 Å². The summed E-state index contributed by atoms with van der Waals surface area (Å²) in [4.78, 5) is 4.66. The fraction of sp³-hybridized carbons (Fsp3) is 0.357. The lowest BCUT2D eigenvalue weighted by molar-refractivity contribution is 0.411. The van der Waals surface area contributed by atoms with Crippen molar-refractivity contribution in [2.75, 3.05) is 0 Å². The molecule has 0 unspecified atom stereocenters. The standard InChI is InChI=1S/C14H16Cl2N2S/c1-3-14(17,4-2)13-18-12(8-19-13)9-5-6-10(15)11(16)7-9/h5-8H,3-4,17H2,1-2H3. The van der Waals surface area contributed by atoms with Crippen molar-refractivity contribution in [3.8, 4) is 11.3 Å². The molecule has 0 aliphatic rings. The number of nitrogens with two attached hydrogens (primary N) is 1. The number of rotatable bonds is 4. The third-order valence-electron chi connectivity index (χ3n) is 3.41. The normalized spacial score (nSPS) is 11.8. The lowest BCUT2D eigenvalue weighted by atomic mass is 9.95. The van der Waals surface area contributed by atoms with Gasteiger partial charge >= 0.3 is 0 Å². The van der Waals surface area contributed by atoms with E-state index in [2.05, 4.69) is 18.8 Å². The topological polar surface area (TPSA) is 38.9 Å². The summed E-state index contributed by atoms with van der Waals surface area (Å²) in [5, 5.41) is 4.08. The Labute approximate surface area is 127 Å². The molecule has 0 radical (unpaired) electrons. The van der Waals surface area contributed by atoms with Crippen molar-refractivity contribution in [2.24, 2.45) is 5.73 Å². The number of nitrogens with zero attached hydrogens (tertiary/aromatic N) is 1. The highest BCUT2D eigenvalue weighted by molar-refractivity contribution is 7.10.